The molecule has 1 aromatic rings. The zero-order chi connectivity index (χ0) is 11.4. The smallest absolute Gasteiger partial charge is 0.225 e. The Bertz CT molecular complexity index is 325. The van der Waals surface area contributed by atoms with Crippen molar-refractivity contribution in [2.75, 3.05) is 5.73 Å². The Morgan fingerprint density at radius 2 is 1.94 bits per heavy atom. The van der Waals surface area contributed by atoms with Gasteiger partial charge < -0.3 is 10.3 Å². The van der Waals surface area contributed by atoms with Gasteiger partial charge in [-0.15, -0.1) is 0 Å². The first kappa shape index (κ1) is 11.5. The number of nitrogens with two attached hydrogens (primary N) is 1. The summed E-state index contributed by atoms with van der Waals surface area (Å²) in [6, 6.07) is 0. The van der Waals surface area contributed by atoms with Crippen molar-refractivity contribution in [1.82, 2.24) is 5.16 Å². The molecule has 1 fully saturated rings. The average molecular weight is 222 g/mol. The normalized spacial score (nSPS) is 18.6. The van der Waals surface area contributed by atoms with Crippen molar-refractivity contribution < 1.29 is 4.52 Å². The third-order valence-electron chi connectivity index (χ3n) is 3.71. The molecule has 0 aliphatic heterocycles. The molecule has 1 aliphatic carbocycles. The van der Waals surface area contributed by atoms with Crippen molar-refractivity contribution >= 4 is 5.88 Å². The van der Waals surface area contributed by atoms with Crippen LogP contribution in [0, 0.1) is 5.92 Å². The Morgan fingerprint density at radius 3 is 2.56 bits per heavy atom. The highest BCUT2D eigenvalue weighted by atomic mass is 16.5. The average Bonchev–Trinajstić information content (AvgIpc) is 2.51. The van der Waals surface area contributed by atoms with Gasteiger partial charge in [0.25, 0.3) is 0 Å². The Labute approximate surface area is 97.4 Å². The van der Waals surface area contributed by atoms with Crippen LogP contribution >= 0.6 is 0 Å². The highest BCUT2D eigenvalue weighted by molar-refractivity contribution is 5.38. The van der Waals surface area contributed by atoms with Gasteiger partial charge in [-0.05, 0) is 18.8 Å². The SMILES string of the molecule is CCc1c(CC2CCCCCC2)noc1N. The maximum atomic E-state index is 5.76. The zero-order valence-corrected chi connectivity index (χ0v) is 10.2. The molecule has 0 unspecified atom stereocenters. The van der Waals surface area contributed by atoms with Gasteiger partial charge in [-0.3, -0.25) is 0 Å². The van der Waals surface area contributed by atoms with E-state index in [9.17, 15) is 0 Å². The first-order valence-electron chi connectivity index (χ1n) is 6.54. The van der Waals surface area contributed by atoms with E-state index >= 15 is 0 Å². The summed E-state index contributed by atoms with van der Waals surface area (Å²) in [4.78, 5) is 0. The number of rotatable bonds is 3. The summed E-state index contributed by atoms with van der Waals surface area (Å²) in [5, 5.41) is 4.11. The van der Waals surface area contributed by atoms with Crippen LogP contribution in [0.25, 0.3) is 0 Å². The van der Waals surface area contributed by atoms with E-state index < -0.39 is 0 Å². The van der Waals surface area contributed by atoms with Gasteiger partial charge in [-0.1, -0.05) is 50.6 Å². The summed E-state index contributed by atoms with van der Waals surface area (Å²) in [5.74, 6) is 1.31. The molecule has 90 valence electrons. The predicted octanol–water partition coefficient (Wildman–Crippen LogP) is 3.33. The van der Waals surface area contributed by atoms with Crippen molar-refractivity contribution in [3.63, 3.8) is 0 Å². The van der Waals surface area contributed by atoms with Gasteiger partial charge in [-0.25, -0.2) is 0 Å². The molecule has 3 heteroatoms. The van der Waals surface area contributed by atoms with Crippen LogP contribution in [-0.4, -0.2) is 5.16 Å². The van der Waals surface area contributed by atoms with Crippen LogP contribution in [0.15, 0.2) is 4.52 Å². The minimum atomic E-state index is 0.520. The van der Waals surface area contributed by atoms with E-state index in [0.717, 1.165) is 30.0 Å². The van der Waals surface area contributed by atoms with Crippen molar-refractivity contribution in [2.24, 2.45) is 5.92 Å². The third-order valence-corrected chi connectivity index (χ3v) is 3.71. The first-order valence-corrected chi connectivity index (χ1v) is 6.54. The van der Waals surface area contributed by atoms with Gasteiger partial charge >= 0.3 is 0 Å². The quantitative estimate of drug-likeness (QED) is 0.798. The fraction of sp³-hybridized carbons (Fsp3) is 0.769. The monoisotopic (exact) mass is 222 g/mol. The molecule has 0 radical (unpaired) electrons. The van der Waals surface area contributed by atoms with Crippen LogP contribution in [0.1, 0.15) is 56.7 Å². The topological polar surface area (TPSA) is 52.0 Å². The van der Waals surface area contributed by atoms with Gasteiger partial charge in [0.05, 0.1) is 5.69 Å². The Balaban J connectivity index is 2.01. The van der Waals surface area contributed by atoms with Crippen molar-refractivity contribution in [2.45, 2.75) is 58.3 Å². The molecule has 0 bridgehead atoms. The van der Waals surface area contributed by atoms with Crippen molar-refractivity contribution in [1.29, 1.82) is 0 Å². The summed E-state index contributed by atoms with van der Waals surface area (Å²) in [6.45, 7) is 2.11. The highest BCUT2D eigenvalue weighted by Gasteiger charge is 2.18. The molecule has 2 rings (SSSR count). The molecule has 0 atom stereocenters. The molecule has 0 aromatic carbocycles. The van der Waals surface area contributed by atoms with Gasteiger partial charge in [0.15, 0.2) is 0 Å². The zero-order valence-electron chi connectivity index (χ0n) is 10.2. The van der Waals surface area contributed by atoms with Crippen LogP contribution in [0.3, 0.4) is 0 Å². The van der Waals surface area contributed by atoms with E-state index in [2.05, 4.69) is 12.1 Å². The number of anilines is 1. The number of aromatic nitrogens is 1. The number of hydrogen-bond donors (Lipinski definition) is 1. The van der Waals surface area contributed by atoms with E-state index in [1.807, 2.05) is 0 Å². The molecular formula is C13H22N2O. The number of nitrogens with zero attached hydrogens (tertiary/aromatic N) is 1. The molecule has 1 heterocycles. The predicted molar refractivity (Wildman–Crippen MR) is 65.2 cm³/mol. The fourth-order valence-corrected chi connectivity index (χ4v) is 2.74. The maximum absolute atomic E-state index is 5.76. The maximum Gasteiger partial charge on any atom is 0.225 e. The fourth-order valence-electron chi connectivity index (χ4n) is 2.74. The van der Waals surface area contributed by atoms with Crippen LogP contribution < -0.4 is 5.73 Å². The van der Waals surface area contributed by atoms with Gasteiger partial charge in [0.1, 0.15) is 0 Å². The lowest BCUT2D eigenvalue weighted by atomic mass is 9.93. The molecule has 1 saturated carbocycles. The van der Waals surface area contributed by atoms with E-state index in [-0.39, 0.29) is 0 Å². The van der Waals surface area contributed by atoms with E-state index in [1.165, 1.54) is 38.5 Å². The van der Waals surface area contributed by atoms with Crippen LogP contribution in [0.2, 0.25) is 0 Å². The number of nitrogen functional groups attached to an aromatic ring is 1. The van der Waals surface area contributed by atoms with Crippen molar-refractivity contribution in [3.05, 3.63) is 11.3 Å². The Morgan fingerprint density at radius 1 is 1.25 bits per heavy atom. The van der Waals surface area contributed by atoms with Crippen LogP contribution in [0.4, 0.5) is 5.88 Å². The first-order chi connectivity index (χ1) is 7.81. The standard InChI is InChI=1S/C13H22N2O/c1-2-11-12(15-16-13(11)14)9-10-7-5-3-4-6-8-10/h10H,2-9,14H2,1H3. The van der Waals surface area contributed by atoms with Gasteiger partial charge in [-0.2, -0.15) is 0 Å². The molecule has 0 saturated heterocycles. The summed E-state index contributed by atoms with van der Waals surface area (Å²) in [5.41, 5.74) is 7.99. The van der Waals surface area contributed by atoms with Gasteiger partial charge in [0.2, 0.25) is 5.88 Å². The van der Waals surface area contributed by atoms with Crippen LogP contribution in [-0.2, 0) is 12.8 Å². The van der Waals surface area contributed by atoms with E-state index in [4.69, 9.17) is 10.3 Å². The summed E-state index contributed by atoms with van der Waals surface area (Å²) in [6.07, 6.45) is 10.2. The molecule has 3 nitrogen and oxygen atoms in total. The van der Waals surface area contributed by atoms with Crippen molar-refractivity contribution in [3.8, 4) is 0 Å². The third kappa shape index (κ3) is 2.57. The molecule has 2 N–H and O–H groups in total. The highest BCUT2D eigenvalue weighted by Crippen LogP contribution is 2.28. The second kappa shape index (κ2) is 5.37. The summed E-state index contributed by atoms with van der Waals surface area (Å²) in [7, 11) is 0. The van der Waals surface area contributed by atoms with E-state index in [1.54, 1.807) is 0 Å². The van der Waals surface area contributed by atoms with Crippen LogP contribution in [0.5, 0.6) is 0 Å². The molecule has 16 heavy (non-hydrogen) atoms. The van der Waals surface area contributed by atoms with E-state index in [0.29, 0.717) is 5.88 Å². The molecule has 1 aromatic heterocycles. The second-order valence-corrected chi connectivity index (χ2v) is 4.89. The minimum absolute atomic E-state index is 0.520. The molecule has 1 aliphatic rings. The molecular weight excluding hydrogens is 200 g/mol. The largest absolute Gasteiger partial charge is 0.367 e. The lowest BCUT2D eigenvalue weighted by Crippen LogP contribution is -2.05. The lowest BCUT2D eigenvalue weighted by molar-refractivity contribution is 0.403. The second-order valence-electron chi connectivity index (χ2n) is 4.89. The molecule has 0 spiro atoms. The lowest BCUT2D eigenvalue weighted by Gasteiger charge is -2.12. The Kier molecular flexibility index (Phi) is 3.86. The Hall–Kier alpha value is -0.990. The number of hydrogen-bond acceptors (Lipinski definition) is 3. The minimum Gasteiger partial charge on any atom is -0.367 e. The molecule has 0 amide bonds. The van der Waals surface area contributed by atoms with Gasteiger partial charge in [0, 0.05) is 5.56 Å². The summed E-state index contributed by atoms with van der Waals surface area (Å²) < 4.78 is 5.09. The summed E-state index contributed by atoms with van der Waals surface area (Å²) >= 11 is 0.